The molecule has 1 N–H and O–H groups in total. The van der Waals surface area contributed by atoms with Crippen LogP contribution in [-0.4, -0.2) is 12.1 Å². The van der Waals surface area contributed by atoms with Crippen LogP contribution >= 0.6 is 0 Å². The molecule has 0 aromatic heterocycles. The van der Waals surface area contributed by atoms with Crippen molar-refractivity contribution >= 4 is 5.69 Å². The SMILES string of the molecule is CCC(C)Oc1cccc(NC2CCC(C)(C)C2)c1. The molecule has 2 unspecified atom stereocenters. The summed E-state index contributed by atoms with van der Waals surface area (Å²) in [5.74, 6) is 0.969. The van der Waals surface area contributed by atoms with Crippen molar-refractivity contribution in [2.24, 2.45) is 5.41 Å². The van der Waals surface area contributed by atoms with Crippen LogP contribution in [0.15, 0.2) is 24.3 Å². The van der Waals surface area contributed by atoms with E-state index in [0.29, 0.717) is 11.5 Å². The number of anilines is 1. The molecule has 0 bridgehead atoms. The Hall–Kier alpha value is -1.18. The van der Waals surface area contributed by atoms with Gasteiger partial charge >= 0.3 is 0 Å². The molecule has 2 nitrogen and oxygen atoms in total. The van der Waals surface area contributed by atoms with Gasteiger partial charge in [0.25, 0.3) is 0 Å². The van der Waals surface area contributed by atoms with Gasteiger partial charge in [0, 0.05) is 17.8 Å². The normalized spacial score (nSPS) is 23.1. The van der Waals surface area contributed by atoms with E-state index in [4.69, 9.17) is 4.74 Å². The van der Waals surface area contributed by atoms with Crippen LogP contribution in [0.3, 0.4) is 0 Å². The van der Waals surface area contributed by atoms with E-state index >= 15 is 0 Å². The Morgan fingerprint density at radius 1 is 1.42 bits per heavy atom. The van der Waals surface area contributed by atoms with Gasteiger partial charge in [-0.1, -0.05) is 26.8 Å². The number of hydrogen-bond donors (Lipinski definition) is 1. The minimum absolute atomic E-state index is 0.278. The molecule has 0 radical (unpaired) electrons. The summed E-state index contributed by atoms with van der Waals surface area (Å²) in [6.45, 7) is 8.97. The lowest BCUT2D eigenvalue weighted by molar-refractivity contribution is 0.217. The third kappa shape index (κ3) is 4.15. The van der Waals surface area contributed by atoms with Crippen LogP contribution in [0.1, 0.15) is 53.4 Å². The van der Waals surface area contributed by atoms with Crippen molar-refractivity contribution in [3.05, 3.63) is 24.3 Å². The van der Waals surface area contributed by atoms with Gasteiger partial charge in [0.2, 0.25) is 0 Å². The fourth-order valence-corrected chi connectivity index (χ4v) is 2.77. The van der Waals surface area contributed by atoms with Gasteiger partial charge in [-0.15, -0.1) is 0 Å². The number of nitrogens with one attached hydrogen (secondary N) is 1. The lowest BCUT2D eigenvalue weighted by Gasteiger charge is -2.19. The van der Waals surface area contributed by atoms with Crippen LogP contribution in [0.5, 0.6) is 5.75 Å². The average molecular weight is 261 g/mol. The Morgan fingerprint density at radius 3 is 2.84 bits per heavy atom. The van der Waals surface area contributed by atoms with Crippen LogP contribution in [0.4, 0.5) is 5.69 Å². The van der Waals surface area contributed by atoms with E-state index in [0.717, 1.165) is 12.2 Å². The van der Waals surface area contributed by atoms with Crippen LogP contribution in [-0.2, 0) is 0 Å². The molecule has 0 amide bonds. The van der Waals surface area contributed by atoms with Crippen molar-refractivity contribution < 1.29 is 4.74 Å². The predicted octanol–water partition coefficient (Wildman–Crippen LogP) is 4.85. The zero-order valence-electron chi connectivity index (χ0n) is 12.7. The summed E-state index contributed by atoms with van der Waals surface area (Å²) in [5, 5.41) is 3.65. The highest BCUT2D eigenvalue weighted by atomic mass is 16.5. The van der Waals surface area contributed by atoms with Gasteiger partial charge in [0.1, 0.15) is 5.75 Å². The van der Waals surface area contributed by atoms with Crippen LogP contribution < -0.4 is 10.1 Å². The Balaban J connectivity index is 1.96. The molecule has 0 spiro atoms. The van der Waals surface area contributed by atoms with Gasteiger partial charge < -0.3 is 10.1 Å². The molecule has 1 aliphatic carbocycles. The second-order valence-electron chi connectivity index (χ2n) is 6.61. The third-order valence-electron chi connectivity index (χ3n) is 4.09. The first kappa shape index (κ1) is 14.2. The summed E-state index contributed by atoms with van der Waals surface area (Å²) >= 11 is 0. The lowest BCUT2D eigenvalue weighted by Crippen LogP contribution is -2.17. The van der Waals surface area contributed by atoms with Gasteiger partial charge in [-0.3, -0.25) is 0 Å². The van der Waals surface area contributed by atoms with Crippen molar-refractivity contribution in [3.8, 4) is 5.75 Å². The second kappa shape index (κ2) is 5.85. The molecule has 106 valence electrons. The van der Waals surface area contributed by atoms with Crippen LogP contribution in [0, 0.1) is 5.41 Å². The maximum absolute atomic E-state index is 5.87. The minimum atomic E-state index is 0.278. The summed E-state index contributed by atoms with van der Waals surface area (Å²) < 4.78 is 5.87. The fourth-order valence-electron chi connectivity index (χ4n) is 2.77. The Morgan fingerprint density at radius 2 is 2.21 bits per heavy atom. The first-order valence-electron chi connectivity index (χ1n) is 7.52. The summed E-state index contributed by atoms with van der Waals surface area (Å²) in [5.41, 5.74) is 1.67. The van der Waals surface area contributed by atoms with E-state index in [9.17, 15) is 0 Å². The number of rotatable bonds is 5. The quantitative estimate of drug-likeness (QED) is 0.817. The zero-order chi connectivity index (χ0) is 13.9. The van der Waals surface area contributed by atoms with Crippen molar-refractivity contribution in [1.82, 2.24) is 0 Å². The van der Waals surface area contributed by atoms with E-state index < -0.39 is 0 Å². The largest absolute Gasteiger partial charge is 0.491 e. The first-order chi connectivity index (χ1) is 8.98. The number of hydrogen-bond acceptors (Lipinski definition) is 2. The molecular weight excluding hydrogens is 234 g/mol. The molecule has 2 rings (SSSR count). The van der Waals surface area contributed by atoms with Crippen molar-refractivity contribution in [1.29, 1.82) is 0 Å². The smallest absolute Gasteiger partial charge is 0.121 e. The Bertz CT molecular complexity index is 413. The van der Waals surface area contributed by atoms with Gasteiger partial charge in [-0.2, -0.15) is 0 Å². The van der Waals surface area contributed by atoms with E-state index in [1.54, 1.807) is 0 Å². The minimum Gasteiger partial charge on any atom is -0.491 e. The van der Waals surface area contributed by atoms with Gasteiger partial charge in [-0.25, -0.2) is 0 Å². The first-order valence-corrected chi connectivity index (χ1v) is 7.52. The van der Waals surface area contributed by atoms with E-state index in [2.05, 4.69) is 51.2 Å². The molecule has 1 aromatic rings. The van der Waals surface area contributed by atoms with Gasteiger partial charge in [0.15, 0.2) is 0 Å². The van der Waals surface area contributed by atoms with Crippen LogP contribution in [0.2, 0.25) is 0 Å². The Kier molecular flexibility index (Phi) is 4.38. The molecule has 1 saturated carbocycles. The van der Waals surface area contributed by atoms with Gasteiger partial charge in [-0.05, 0) is 50.2 Å². The highest BCUT2D eigenvalue weighted by Gasteiger charge is 2.30. The molecule has 1 fully saturated rings. The number of ether oxygens (including phenoxy) is 1. The molecule has 0 heterocycles. The topological polar surface area (TPSA) is 21.3 Å². The van der Waals surface area contributed by atoms with Crippen molar-refractivity contribution in [2.45, 2.75) is 65.5 Å². The molecule has 2 heteroatoms. The highest BCUT2D eigenvalue weighted by Crippen LogP contribution is 2.38. The molecule has 0 saturated heterocycles. The zero-order valence-corrected chi connectivity index (χ0v) is 12.7. The molecule has 2 atom stereocenters. The predicted molar refractivity (Wildman–Crippen MR) is 81.9 cm³/mol. The maximum atomic E-state index is 5.87. The summed E-state index contributed by atoms with van der Waals surface area (Å²) in [7, 11) is 0. The summed E-state index contributed by atoms with van der Waals surface area (Å²) in [4.78, 5) is 0. The summed E-state index contributed by atoms with van der Waals surface area (Å²) in [6.07, 6.45) is 5.15. The number of benzene rings is 1. The van der Waals surface area contributed by atoms with E-state index in [-0.39, 0.29) is 6.10 Å². The second-order valence-corrected chi connectivity index (χ2v) is 6.61. The van der Waals surface area contributed by atoms with Crippen LogP contribution in [0.25, 0.3) is 0 Å². The molecule has 1 aromatic carbocycles. The maximum Gasteiger partial charge on any atom is 0.121 e. The van der Waals surface area contributed by atoms with Gasteiger partial charge in [0.05, 0.1) is 6.10 Å². The fraction of sp³-hybridized carbons (Fsp3) is 0.647. The Labute approximate surface area is 117 Å². The van der Waals surface area contributed by atoms with E-state index in [1.807, 2.05) is 6.07 Å². The molecule has 0 aliphatic heterocycles. The van der Waals surface area contributed by atoms with E-state index in [1.165, 1.54) is 24.9 Å². The molecule has 1 aliphatic rings. The third-order valence-corrected chi connectivity index (χ3v) is 4.09. The summed E-state index contributed by atoms with van der Waals surface area (Å²) in [6, 6.07) is 8.97. The van der Waals surface area contributed by atoms with Crippen molar-refractivity contribution in [2.75, 3.05) is 5.32 Å². The van der Waals surface area contributed by atoms with Crippen molar-refractivity contribution in [3.63, 3.8) is 0 Å². The standard InChI is InChI=1S/C17H27NO/c1-5-13(2)19-16-8-6-7-14(11-16)18-15-9-10-17(3,4)12-15/h6-8,11,13,15,18H,5,9-10,12H2,1-4H3. The molecule has 19 heavy (non-hydrogen) atoms. The monoisotopic (exact) mass is 261 g/mol. The average Bonchev–Trinajstić information content (AvgIpc) is 2.69. The lowest BCUT2D eigenvalue weighted by atomic mass is 9.92. The highest BCUT2D eigenvalue weighted by molar-refractivity contribution is 5.49. The molecular formula is C17H27NO.